The van der Waals surface area contributed by atoms with E-state index in [1.165, 1.54) is 30.6 Å². The van der Waals surface area contributed by atoms with Gasteiger partial charge in [-0.3, -0.25) is 4.79 Å². The minimum absolute atomic E-state index is 0.0593. The van der Waals surface area contributed by atoms with Crippen molar-refractivity contribution >= 4 is 46.3 Å². The molecule has 7 nitrogen and oxygen atoms in total. The highest BCUT2D eigenvalue weighted by Crippen LogP contribution is 2.37. The number of nitrogens with one attached hydrogen (secondary N) is 3. The highest BCUT2D eigenvalue weighted by atomic mass is 32.1. The second-order valence-electron chi connectivity index (χ2n) is 6.84. The highest BCUT2D eigenvalue weighted by Gasteiger charge is 2.37. The molecule has 0 fully saturated rings. The largest absolute Gasteiger partial charge is 0.416 e. The number of nitrogens with zero attached hydrogens (tertiary/aromatic N) is 3. The first kappa shape index (κ1) is 25.3. The van der Waals surface area contributed by atoms with E-state index in [0.29, 0.717) is 17.8 Å². The van der Waals surface area contributed by atoms with Gasteiger partial charge in [-0.25, -0.2) is 4.98 Å². The maximum absolute atomic E-state index is 13.1. The Morgan fingerprint density at radius 3 is 2.18 bits per heavy atom. The lowest BCUT2D eigenvalue weighted by atomic mass is 10.0. The van der Waals surface area contributed by atoms with E-state index in [4.69, 9.17) is 12.2 Å². The maximum Gasteiger partial charge on any atom is 0.416 e. The minimum Gasteiger partial charge on any atom is -0.356 e. The van der Waals surface area contributed by atoms with Crippen LogP contribution in [0.1, 0.15) is 40.1 Å². The van der Waals surface area contributed by atoms with Gasteiger partial charge in [-0.1, -0.05) is 4.49 Å². The Morgan fingerprint density at radius 1 is 1.03 bits per heavy atom. The van der Waals surface area contributed by atoms with Gasteiger partial charge in [-0.05, 0) is 66.6 Å². The van der Waals surface area contributed by atoms with E-state index in [9.17, 15) is 31.1 Å². The van der Waals surface area contributed by atoms with Crippen LogP contribution in [0.25, 0.3) is 0 Å². The standard InChI is InChI=1S/C19H14F6N6OS2/c1-9(10-4-11(18(20,21)22)6-12(5-10)19(23,24)25)27-17(33)28-13-2-3-15(26-7-13)29-16(32)14-8-34-31-30-14/h2-9H,1H3,(H,26,29,32)(H2,27,28,33)/t9-/m0/s1. The third kappa shape index (κ3) is 6.60. The van der Waals surface area contributed by atoms with Crippen molar-refractivity contribution in [3.8, 4) is 0 Å². The Hall–Kier alpha value is -3.33. The molecule has 0 spiro atoms. The van der Waals surface area contributed by atoms with E-state index >= 15 is 0 Å². The molecular weight excluding hydrogens is 506 g/mol. The summed E-state index contributed by atoms with van der Waals surface area (Å²) in [6.07, 6.45) is -8.58. The maximum atomic E-state index is 13.1. The number of thiocarbonyl (C=S) groups is 1. The summed E-state index contributed by atoms with van der Waals surface area (Å²) in [6.45, 7) is 1.37. The summed E-state index contributed by atoms with van der Waals surface area (Å²) in [6, 6.07) is 3.30. The molecule has 3 N–H and O–H groups in total. The lowest BCUT2D eigenvalue weighted by Gasteiger charge is -2.20. The number of alkyl halides is 6. The Bertz CT molecular complexity index is 1130. The van der Waals surface area contributed by atoms with Gasteiger partial charge in [0, 0.05) is 5.38 Å². The fourth-order valence-corrected chi connectivity index (χ4v) is 3.39. The predicted octanol–water partition coefficient (Wildman–Crippen LogP) is 5.27. The topological polar surface area (TPSA) is 91.8 Å². The molecule has 0 radical (unpaired) electrons. The molecule has 1 amide bonds. The summed E-state index contributed by atoms with van der Waals surface area (Å²) in [5.41, 5.74) is -2.60. The Kier molecular flexibility index (Phi) is 7.35. The van der Waals surface area contributed by atoms with Gasteiger partial charge in [0.25, 0.3) is 5.91 Å². The van der Waals surface area contributed by atoms with Crippen LogP contribution >= 0.6 is 23.8 Å². The summed E-state index contributed by atoms with van der Waals surface area (Å²) in [5, 5.41) is 12.9. The van der Waals surface area contributed by atoms with Crippen LogP contribution in [0, 0.1) is 0 Å². The predicted molar refractivity (Wildman–Crippen MR) is 116 cm³/mol. The van der Waals surface area contributed by atoms with E-state index in [1.807, 2.05) is 0 Å². The molecule has 15 heteroatoms. The summed E-state index contributed by atoms with van der Waals surface area (Å²) in [7, 11) is 0. The monoisotopic (exact) mass is 520 g/mol. The Morgan fingerprint density at radius 2 is 1.68 bits per heavy atom. The molecule has 1 aromatic carbocycles. The fraction of sp³-hybridized carbons (Fsp3) is 0.211. The number of carbonyl (C=O) groups is 1. The van der Waals surface area contributed by atoms with E-state index in [-0.39, 0.29) is 28.3 Å². The second kappa shape index (κ2) is 9.89. The molecule has 2 aromatic heterocycles. The molecule has 34 heavy (non-hydrogen) atoms. The first-order valence-corrected chi connectivity index (χ1v) is 10.5. The summed E-state index contributed by atoms with van der Waals surface area (Å²) in [4.78, 5) is 16.0. The zero-order valence-corrected chi connectivity index (χ0v) is 18.6. The van der Waals surface area contributed by atoms with Crippen molar-refractivity contribution in [2.75, 3.05) is 10.6 Å². The summed E-state index contributed by atoms with van der Waals surface area (Å²) in [5.74, 6) is -0.299. The SMILES string of the molecule is C[C@H](NC(=S)Nc1ccc(NC(=O)c2csnn2)nc1)c1cc(C(F)(F)F)cc(C(F)(F)F)c1. The molecule has 2 heterocycles. The molecule has 0 unspecified atom stereocenters. The quantitative estimate of drug-likeness (QED) is 0.312. The van der Waals surface area contributed by atoms with Crippen LogP contribution in [0.3, 0.4) is 0 Å². The third-order valence-corrected chi connectivity index (χ3v) is 5.04. The number of anilines is 2. The number of benzene rings is 1. The third-order valence-electron chi connectivity index (χ3n) is 4.31. The lowest BCUT2D eigenvalue weighted by molar-refractivity contribution is -0.143. The van der Waals surface area contributed by atoms with Gasteiger partial charge in [0.05, 0.1) is 29.1 Å². The van der Waals surface area contributed by atoms with Gasteiger partial charge in [-0.15, -0.1) is 5.10 Å². The van der Waals surface area contributed by atoms with Crippen molar-refractivity contribution in [3.05, 3.63) is 64.3 Å². The molecule has 0 saturated heterocycles. The van der Waals surface area contributed by atoms with Crippen LogP contribution in [-0.2, 0) is 12.4 Å². The number of aromatic nitrogens is 3. The van der Waals surface area contributed by atoms with Gasteiger partial charge in [0.15, 0.2) is 10.8 Å². The van der Waals surface area contributed by atoms with Crippen LogP contribution in [0.15, 0.2) is 41.9 Å². The minimum atomic E-state index is -4.95. The van der Waals surface area contributed by atoms with Crippen LogP contribution in [0.2, 0.25) is 0 Å². The number of halogens is 6. The molecule has 180 valence electrons. The second-order valence-corrected chi connectivity index (χ2v) is 7.85. The highest BCUT2D eigenvalue weighted by molar-refractivity contribution is 7.80. The first-order chi connectivity index (χ1) is 15.8. The van der Waals surface area contributed by atoms with Crippen molar-refractivity contribution < 1.29 is 31.1 Å². The smallest absolute Gasteiger partial charge is 0.356 e. The van der Waals surface area contributed by atoms with E-state index < -0.39 is 35.4 Å². The summed E-state index contributed by atoms with van der Waals surface area (Å²) >= 11 is 6.11. The number of carbonyl (C=O) groups excluding carboxylic acids is 1. The van der Waals surface area contributed by atoms with Crippen LogP contribution in [0.5, 0.6) is 0 Å². The number of rotatable bonds is 5. The molecule has 3 aromatic rings. The van der Waals surface area contributed by atoms with Gasteiger partial charge in [0.2, 0.25) is 0 Å². The van der Waals surface area contributed by atoms with Gasteiger partial charge >= 0.3 is 12.4 Å². The van der Waals surface area contributed by atoms with Crippen LogP contribution < -0.4 is 16.0 Å². The molecule has 3 rings (SSSR count). The molecule has 0 aliphatic rings. The fourth-order valence-electron chi connectivity index (χ4n) is 2.66. The van der Waals surface area contributed by atoms with E-state index in [0.717, 1.165) is 11.5 Å². The van der Waals surface area contributed by atoms with Crippen LogP contribution in [-0.4, -0.2) is 25.6 Å². The molecule has 0 saturated carbocycles. The molecular formula is C19H14F6N6OS2. The van der Waals surface area contributed by atoms with Gasteiger partial charge in [0.1, 0.15) is 5.82 Å². The van der Waals surface area contributed by atoms with E-state index in [2.05, 4.69) is 30.5 Å². The molecule has 0 aliphatic carbocycles. The first-order valence-electron chi connectivity index (χ1n) is 9.24. The van der Waals surface area contributed by atoms with Crippen molar-refractivity contribution in [1.29, 1.82) is 0 Å². The van der Waals surface area contributed by atoms with Crippen LogP contribution in [0.4, 0.5) is 37.8 Å². The number of pyridine rings is 1. The van der Waals surface area contributed by atoms with Gasteiger partial charge in [-0.2, -0.15) is 26.3 Å². The summed E-state index contributed by atoms with van der Waals surface area (Å²) < 4.78 is 82.0. The van der Waals surface area contributed by atoms with Crippen molar-refractivity contribution in [2.24, 2.45) is 0 Å². The number of amides is 1. The lowest BCUT2D eigenvalue weighted by Crippen LogP contribution is -2.31. The number of hydrogen-bond donors (Lipinski definition) is 3. The Balaban J connectivity index is 1.66. The normalized spacial score (nSPS) is 12.7. The molecule has 0 aliphatic heterocycles. The van der Waals surface area contributed by atoms with Gasteiger partial charge < -0.3 is 16.0 Å². The molecule has 0 bridgehead atoms. The van der Waals surface area contributed by atoms with Crippen molar-refractivity contribution in [2.45, 2.75) is 25.3 Å². The zero-order valence-electron chi connectivity index (χ0n) is 17.0. The Labute approximate surface area is 197 Å². The van der Waals surface area contributed by atoms with E-state index in [1.54, 1.807) is 0 Å². The van der Waals surface area contributed by atoms with Crippen molar-refractivity contribution in [1.82, 2.24) is 19.9 Å². The average molecular weight is 520 g/mol. The molecule has 1 atom stereocenters. The average Bonchev–Trinajstić information content (AvgIpc) is 3.28. The number of hydrogen-bond acceptors (Lipinski definition) is 6. The zero-order chi connectivity index (χ0) is 25.1. The van der Waals surface area contributed by atoms with Crippen molar-refractivity contribution in [3.63, 3.8) is 0 Å².